The fraction of sp³-hybridized carbons (Fsp3) is 0.280. The second-order valence-electron chi connectivity index (χ2n) is 8.75. The molecule has 0 aliphatic heterocycles. The minimum Gasteiger partial charge on any atom is -0.328 e. The van der Waals surface area contributed by atoms with Crippen LogP contribution in [0, 0.1) is 0 Å². The van der Waals surface area contributed by atoms with Gasteiger partial charge in [-0.3, -0.25) is 19.1 Å². The zero-order valence-electron chi connectivity index (χ0n) is 17.9. The molecule has 0 spiro atoms. The van der Waals surface area contributed by atoms with E-state index in [1.165, 1.54) is 0 Å². The maximum atomic E-state index is 13.2. The lowest BCUT2D eigenvalue weighted by molar-refractivity contribution is 0.322. The Kier molecular flexibility index (Phi) is 4.33. The minimum atomic E-state index is -0.0191. The molecule has 32 heavy (non-hydrogen) atoms. The molecule has 1 aromatic carbocycles. The first-order valence-corrected chi connectivity index (χ1v) is 11.1. The first-order chi connectivity index (χ1) is 15.6. The third-order valence-corrected chi connectivity index (χ3v) is 6.75. The standard InChI is InChI=1S/C25H24N6O/c1-30-22-14-28-21-11-10-20(16-12-15-4-2-3-5-19(15)27-13-16)29-23(21)24(22)31(25(30)32)18-8-6-17(26)7-9-18/h2-5,10-14,17-18H,6-9,26H2,1H3/t17-,18-. The molecule has 2 N–H and O–H groups in total. The summed E-state index contributed by atoms with van der Waals surface area (Å²) in [5.74, 6) is 0. The molecule has 7 heteroatoms. The third-order valence-electron chi connectivity index (χ3n) is 6.75. The molecule has 1 fully saturated rings. The fourth-order valence-electron chi connectivity index (χ4n) is 4.96. The number of hydrogen-bond donors (Lipinski definition) is 1. The van der Waals surface area contributed by atoms with E-state index < -0.39 is 0 Å². The van der Waals surface area contributed by atoms with Gasteiger partial charge >= 0.3 is 5.69 Å². The van der Waals surface area contributed by atoms with Crippen molar-refractivity contribution < 1.29 is 0 Å². The zero-order valence-corrected chi connectivity index (χ0v) is 17.9. The molecule has 5 aromatic rings. The van der Waals surface area contributed by atoms with E-state index in [-0.39, 0.29) is 17.8 Å². The number of imidazole rings is 1. The van der Waals surface area contributed by atoms with Crippen LogP contribution < -0.4 is 11.4 Å². The van der Waals surface area contributed by atoms with Gasteiger partial charge in [-0.1, -0.05) is 18.2 Å². The first-order valence-electron chi connectivity index (χ1n) is 11.1. The normalized spacial score (nSPS) is 19.2. The van der Waals surface area contributed by atoms with Gasteiger partial charge in [-0.2, -0.15) is 0 Å². The van der Waals surface area contributed by atoms with E-state index in [0.29, 0.717) is 0 Å². The van der Waals surface area contributed by atoms with E-state index in [4.69, 9.17) is 10.7 Å². The predicted octanol–water partition coefficient (Wildman–Crippen LogP) is 3.94. The summed E-state index contributed by atoms with van der Waals surface area (Å²) >= 11 is 0. The lowest BCUT2D eigenvalue weighted by Crippen LogP contribution is -2.32. The van der Waals surface area contributed by atoms with E-state index in [2.05, 4.69) is 22.1 Å². The molecule has 6 rings (SSSR count). The number of nitrogens with zero attached hydrogens (tertiary/aromatic N) is 5. The Labute approximate surface area is 184 Å². The summed E-state index contributed by atoms with van der Waals surface area (Å²) < 4.78 is 3.61. The van der Waals surface area contributed by atoms with Gasteiger partial charge in [0.1, 0.15) is 5.52 Å². The van der Waals surface area contributed by atoms with Gasteiger partial charge in [-0.15, -0.1) is 0 Å². The summed E-state index contributed by atoms with van der Waals surface area (Å²) in [6, 6.07) is 14.4. The summed E-state index contributed by atoms with van der Waals surface area (Å²) in [5, 5.41) is 1.07. The number of rotatable bonds is 2. The van der Waals surface area contributed by atoms with Crippen molar-refractivity contribution in [2.45, 2.75) is 37.8 Å². The minimum absolute atomic E-state index is 0.0191. The molecular formula is C25H24N6O. The molecular weight excluding hydrogens is 400 g/mol. The number of nitrogens with two attached hydrogens (primary N) is 1. The van der Waals surface area contributed by atoms with Gasteiger partial charge in [0.05, 0.1) is 34.0 Å². The molecule has 0 unspecified atom stereocenters. The van der Waals surface area contributed by atoms with Gasteiger partial charge in [-0.25, -0.2) is 9.78 Å². The van der Waals surface area contributed by atoms with E-state index in [1.54, 1.807) is 17.8 Å². The van der Waals surface area contributed by atoms with Gasteiger partial charge in [0.2, 0.25) is 0 Å². The van der Waals surface area contributed by atoms with Gasteiger partial charge in [0.15, 0.2) is 0 Å². The van der Waals surface area contributed by atoms with Crippen molar-refractivity contribution in [2.24, 2.45) is 12.8 Å². The van der Waals surface area contributed by atoms with Crippen LogP contribution in [0.25, 0.3) is 44.2 Å². The first kappa shape index (κ1) is 19.1. The second kappa shape index (κ2) is 7.24. The Bertz CT molecular complexity index is 1540. The van der Waals surface area contributed by atoms with Crippen LogP contribution in [0.5, 0.6) is 0 Å². The van der Waals surface area contributed by atoms with Crippen LogP contribution >= 0.6 is 0 Å². The highest BCUT2D eigenvalue weighted by atomic mass is 16.1. The maximum Gasteiger partial charge on any atom is 0.329 e. The molecule has 1 aliphatic carbocycles. The molecule has 0 radical (unpaired) electrons. The lowest BCUT2D eigenvalue weighted by atomic mass is 9.91. The van der Waals surface area contributed by atoms with Crippen LogP contribution in [0.15, 0.2) is 59.7 Å². The molecule has 160 valence electrons. The van der Waals surface area contributed by atoms with Crippen LogP contribution in [0.2, 0.25) is 0 Å². The van der Waals surface area contributed by atoms with Crippen molar-refractivity contribution in [3.05, 3.63) is 65.3 Å². The summed E-state index contributed by atoms with van der Waals surface area (Å²) in [7, 11) is 1.81. The highest BCUT2D eigenvalue weighted by Gasteiger charge is 2.26. The topological polar surface area (TPSA) is 91.6 Å². The van der Waals surface area contributed by atoms with Gasteiger partial charge in [0.25, 0.3) is 0 Å². The van der Waals surface area contributed by atoms with Crippen LogP contribution in [0.3, 0.4) is 0 Å². The lowest BCUT2D eigenvalue weighted by Gasteiger charge is -2.27. The Balaban J connectivity index is 1.58. The van der Waals surface area contributed by atoms with Gasteiger partial charge in [0, 0.05) is 36.3 Å². The van der Waals surface area contributed by atoms with Crippen LogP contribution in [-0.2, 0) is 7.05 Å². The van der Waals surface area contributed by atoms with Gasteiger partial charge < -0.3 is 5.73 Å². The second-order valence-corrected chi connectivity index (χ2v) is 8.75. The van der Waals surface area contributed by atoms with E-state index in [1.807, 2.05) is 41.1 Å². The number of hydrogen-bond acceptors (Lipinski definition) is 5. The average molecular weight is 425 g/mol. The highest BCUT2D eigenvalue weighted by Crippen LogP contribution is 2.32. The highest BCUT2D eigenvalue weighted by molar-refractivity contribution is 6.00. The van der Waals surface area contributed by atoms with Gasteiger partial charge in [-0.05, 0) is 49.9 Å². The fourth-order valence-corrected chi connectivity index (χ4v) is 4.96. The Hall–Kier alpha value is -3.58. The number of aromatic nitrogens is 5. The Morgan fingerprint density at radius 1 is 0.969 bits per heavy atom. The summed E-state index contributed by atoms with van der Waals surface area (Å²) in [6.07, 6.45) is 7.29. The van der Waals surface area contributed by atoms with Crippen LogP contribution in [-0.4, -0.2) is 30.1 Å². The third kappa shape index (κ3) is 2.92. The number of pyridine rings is 3. The SMILES string of the molecule is Cn1c(=O)n([C@H]2CC[C@H](N)CC2)c2c3nc(-c4cnc5ccccc5c4)ccc3ncc21. The smallest absolute Gasteiger partial charge is 0.328 e. The van der Waals surface area contributed by atoms with Crippen molar-refractivity contribution in [1.82, 2.24) is 24.1 Å². The average Bonchev–Trinajstić information content (AvgIpc) is 3.09. The predicted molar refractivity (Wildman–Crippen MR) is 126 cm³/mol. The quantitative estimate of drug-likeness (QED) is 0.463. The van der Waals surface area contributed by atoms with E-state index >= 15 is 0 Å². The molecule has 1 saturated carbocycles. The van der Waals surface area contributed by atoms with Crippen molar-refractivity contribution >= 4 is 33.0 Å². The summed E-state index contributed by atoms with van der Waals surface area (Å²) in [4.78, 5) is 27.4. The molecule has 7 nitrogen and oxygen atoms in total. The number of fused-ring (bicyclic) bond motifs is 4. The molecule has 0 amide bonds. The summed E-state index contributed by atoms with van der Waals surface area (Å²) in [5.41, 5.74) is 12.0. The Morgan fingerprint density at radius 2 is 1.75 bits per heavy atom. The number of aryl methyl sites for hydroxylation is 1. The van der Waals surface area contributed by atoms with Crippen molar-refractivity contribution in [2.75, 3.05) is 0 Å². The number of benzene rings is 1. The Morgan fingerprint density at radius 3 is 2.59 bits per heavy atom. The molecule has 0 bridgehead atoms. The largest absolute Gasteiger partial charge is 0.329 e. The molecule has 0 atom stereocenters. The van der Waals surface area contributed by atoms with E-state index in [9.17, 15) is 4.79 Å². The maximum absolute atomic E-state index is 13.2. The zero-order chi connectivity index (χ0) is 21.8. The monoisotopic (exact) mass is 424 g/mol. The summed E-state index contributed by atoms with van der Waals surface area (Å²) in [6.45, 7) is 0. The number of para-hydroxylation sites is 1. The van der Waals surface area contributed by atoms with Crippen LogP contribution in [0.4, 0.5) is 0 Å². The molecule has 4 heterocycles. The van der Waals surface area contributed by atoms with E-state index in [0.717, 1.165) is 69.9 Å². The molecule has 4 aromatic heterocycles. The van der Waals surface area contributed by atoms with Crippen LogP contribution in [0.1, 0.15) is 31.7 Å². The molecule has 1 aliphatic rings. The van der Waals surface area contributed by atoms with Crippen molar-refractivity contribution in [3.63, 3.8) is 0 Å². The van der Waals surface area contributed by atoms with Crippen molar-refractivity contribution in [1.29, 1.82) is 0 Å². The molecule has 0 saturated heterocycles. The van der Waals surface area contributed by atoms with Crippen molar-refractivity contribution in [3.8, 4) is 11.3 Å².